The number of ether oxygens (including phenoxy) is 2. The average Bonchev–Trinajstić information content (AvgIpc) is 2.53. The van der Waals surface area contributed by atoms with Gasteiger partial charge in [0.05, 0.1) is 6.61 Å². The molecule has 4 nitrogen and oxygen atoms in total. The Labute approximate surface area is 130 Å². The molecule has 0 heterocycles. The van der Waals surface area contributed by atoms with E-state index in [0.717, 1.165) is 11.1 Å². The van der Waals surface area contributed by atoms with Gasteiger partial charge in [-0.2, -0.15) is 0 Å². The lowest BCUT2D eigenvalue weighted by molar-refractivity contribution is -0.305. The predicted molar refractivity (Wildman–Crippen MR) is 81.7 cm³/mol. The van der Waals surface area contributed by atoms with Crippen molar-refractivity contribution in [3.05, 3.63) is 59.7 Å². The third kappa shape index (κ3) is 4.81. The Bertz CT molecular complexity index is 608. The summed E-state index contributed by atoms with van der Waals surface area (Å²) in [6, 6.07) is 15.4. The number of aliphatic carboxylic acids is 1. The summed E-state index contributed by atoms with van der Waals surface area (Å²) >= 11 is 0. The first-order chi connectivity index (χ1) is 10.7. The molecular weight excluding hydrogens is 280 g/mol. The highest BCUT2D eigenvalue weighted by molar-refractivity contribution is 5.64. The van der Waals surface area contributed by atoms with Gasteiger partial charge in [-0.3, -0.25) is 0 Å². The topological polar surface area (TPSA) is 58.6 Å². The number of carbonyl (C=O) groups excluding carboxylic acids is 1. The largest absolute Gasteiger partial charge is 0.550 e. The molecular formula is C18H19O4-. The van der Waals surface area contributed by atoms with E-state index in [-0.39, 0.29) is 6.42 Å². The molecule has 2 aromatic rings. The zero-order chi connectivity index (χ0) is 15.8. The third-order valence-electron chi connectivity index (χ3n) is 3.16. The number of hydrogen-bond donors (Lipinski definition) is 0. The van der Waals surface area contributed by atoms with Crippen molar-refractivity contribution in [1.29, 1.82) is 0 Å². The van der Waals surface area contributed by atoms with Crippen LogP contribution in [0.1, 0.15) is 24.5 Å². The van der Waals surface area contributed by atoms with Gasteiger partial charge in [0.15, 0.2) is 11.5 Å². The van der Waals surface area contributed by atoms with Crippen molar-refractivity contribution in [3.63, 3.8) is 0 Å². The first-order valence-electron chi connectivity index (χ1n) is 7.31. The fraction of sp³-hybridized carbons (Fsp3) is 0.278. The minimum Gasteiger partial charge on any atom is -0.550 e. The van der Waals surface area contributed by atoms with Gasteiger partial charge in [0.1, 0.15) is 6.61 Å². The van der Waals surface area contributed by atoms with E-state index in [9.17, 15) is 9.90 Å². The molecule has 0 bridgehead atoms. The minimum absolute atomic E-state index is 0.00418. The quantitative estimate of drug-likeness (QED) is 0.750. The van der Waals surface area contributed by atoms with Crippen molar-refractivity contribution >= 4 is 5.97 Å². The van der Waals surface area contributed by atoms with E-state index in [2.05, 4.69) is 0 Å². The maximum Gasteiger partial charge on any atom is 0.161 e. The molecule has 0 unspecified atom stereocenters. The lowest BCUT2D eigenvalue weighted by atomic mass is 10.1. The zero-order valence-corrected chi connectivity index (χ0v) is 12.6. The average molecular weight is 299 g/mol. The summed E-state index contributed by atoms with van der Waals surface area (Å²) in [5.74, 6) is 0.236. The minimum atomic E-state index is -1.05. The third-order valence-corrected chi connectivity index (χ3v) is 3.16. The van der Waals surface area contributed by atoms with Gasteiger partial charge >= 0.3 is 0 Å². The van der Waals surface area contributed by atoms with E-state index < -0.39 is 5.97 Å². The Morgan fingerprint density at radius 1 is 1.00 bits per heavy atom. The van der Waals surface area contributed by atoms with Gasteiger partial charge in [-0.05, 0) is 43.0 Å². The summed E-state index contributed by atoms with van der Waals surface area (Å²) < 4.78 is 11.4. The summed E-state index contributed by atoms with van der Waals surface area (Å²) in [5.41, 5.74) is 1.96. The second kappa shape index (κ2) is 8.08. The van der Waals surface area contributed by atoms with Gasteiger partial charge in [-0.1, -0.05) is 36.4 Å². The standard InChI is InChI=1S/C18H20O4/c1-2-21-17-12-14(9-11-18(19)20)8-10-16(17)22-13-15-6-4-3-5-7-15/h3-8,10,12H,2,9,11,13H2,1H3,(H,19,20)/p-1. The second-order valence-electron chi connectivity index (χ2n) is 4.86. The van der Waals surface area contributed by atoms with Crippen molar-refractivity contribution < 1.29 is 19.4 Å². The van der Waals surface area contributed by atoms with Gasteiger partial charge in [-0.25, -0.2) is 0 Å². The van der Waals surface area contributed by atoms with E-state index in [1.165, 1.54) is 0 Å². The van der Waals surface area contributed by atoms with E-state index in [1.807, 2.05) is 55.5 Å². The molecule has 0 atom stereocenters. The number of carboxylic acids is 1. The fourth-order valence-electron chi connectivity index (χ4n) is 2.08. The van der Waals surface area contributed by atoms with Crippen molar-refractivity contribution in [1.82, 2.24) is 0 Å². The van der Waals surface area contributed by atoms with Gasteiger partial charge in [-0.15, -0.1) is 0 Å². The van der Waals surface area contributed by atoms with E-state index in [0.29, 0.717) is 31.1 Å². The molecule has 0 spiro atoms. The van der Waals surface area contributed by atoms with E-state index >= 15 is 0 Å². The van der Waals surface area contributed by atoms with Crippen molar-refractivity contribution in [2.75, 3.05) is 6.61 Å². The number of aryl methyl sites for hydroxylation is 1. The molecule has 22 heavy (non-hydrogen) atoms. The van der Waals surface area contributed by atoms with Crippen LogP contribution in [0.25, 0.3) is 0 Å². The molecule has 0 aromatic heterocycles. The molecule has 0 aliphatic rings. The predicted octanol–water partition coefficient (Wildman–Crippen LogP) is 2.35. The Morgan fingerprint density at radius 3 is 2.45 bits per heavy atom. The van der Waals surface area contributed by atoms with Gasteiger partial charge < -0.3 is 19.4 Å². The molecule has 0 saturated heterocycles. The molecule has 0 aliphatic carbocycles. The molecule has 0 amide bonds. The number of carbonyl (C=O) groups is 1. The van der Waals surface area contributed by atoms with Crippen LogP contribution >= 0.6 is 0 Å². The second-order valence-corrected chi connectivity index (χ2v) is 4.86. The molecule has 4 heteroatoms. The fourth-order valence-corrected chi connectivity index (χ4v) is 2.08. The molecule has 0 radical (unpaired) electrons. The first-order valence-corrected chi connectivity index (χ1v) is 7.31. The Balaban J connectivity index is 2.07. The zero-order valence-electron chi connectivity index (χ0n) is 12.6. The van der Waals surface area contributed by atoms with Crippen LogP contribution in [0.15, 0.2) is 48.5 Å². The summed E-state index contributed by atoms with van der Waals surface area (Å²) in [6.07, 6.45) is 0.414. The van der Waals surface area contributed by atoms with Gasteiger partial charge in [0, 0.05) is 5.97 Å². The number of carboxylic acid groups (broad SMARTS) is 1. The van der Waals surface area contributed by atoms with Crippen LogP contribution in [-0.2, 0) is 17.8 Å². The molecule has 116 valence electrons. The van der Waals surface area contributed by atoms with E-state index in [4.69, 9.17) is 9.47 Å². The summed E-state index contributed by atoms with van der Waals surface area (Å²) in [7, 11) is 0. The van der Waals surface area contributed by atoms with Crippen molar-refractivity contribution in [3.8, 4) is 11.5 Å². The Morgan fingerprint density at radius 2 is 1.77 bits per heavy atom. The molecule has 0 fully saturated rings. The Kier molecular flexibility index (Phi) is 5.83. The number of hydrogen-bond acceptors (Lipinski definition) is 4. The van der Waals surface area contributed by atoms with Crippen LogP contribution in [0, 0.1) is 0 Å². The van der Waals surface area contributed by atoms with Gasteiger partial charge in [0.2, 0.25) is 0 Å². The monoisotopic (exact) mass is 299 g/mol. The lowest BCUT2D eigenvalue weighted by Crippen LogP contribution is -2.22. The summed E-state index contributed by atoms with van der Waals surface area (Å²) in [6.45, 7) is 2.87. The molecule has 0 aliphatic heterocycles. The van der Waals surface area contributed by atoms with Crippen molar-refractivity contribution in [2.24, 2.45) is 0 Å². The number of benzene rings is 2. The SMILES string of the molecule is CCOc1cc(CCC(=O)[O-])ccc1OCc1ccccc1. The van der Waals surface area contributed by atoms with Crippen LogP contribution in [0.3, 0.4) is 0 Å². The maximum atomic E-state index is 10.5. The smallest absolute Gasteiger partial charge is 0.161 e. The summed E-state index contributed by atoms with van der Waals surface area (Å²) in [5, 5.41) is 10.5. The highest BCUT2D eigenvalue weighted by Crippen LogP contribution is 2.29. The van der Waals surface area contributed by atoms with Crippen LogP contribution in [0.5, 0.6) is 11.5 Å². The maximum absolute atomic E-state index is 10.5. The van der Waals surface area contributed by atoms with Crippen LogP contribution in [0.4, 0.5) is 0 Å². The van der Waals surface area contributed by atoms with Crippen LogP contribution in [0.2, 0.25) is 0 Å². The molecule has 0 saturated carbocycles. The number of rotatable bonds is 8. The molecule has 2 rings (SSSR count). The van der Waals surface area contributed by atoms with Crippen molar-refractivity contribution in [2.45, 2.75) is 26.4 Å². The molecule has 2 aromatic carbocycles. The highest BCUT2D eigenvalue weighted by Gasteiger charge is 2.07. The molecule has 0 N–H and O–H groups in total. The highest BCUT2D eigenvalue weighted by atomic mass is 16.5. The van der Waals surface area contributed by atoms with Crippen LogP contribution in [-0.4, -0.2) is 12.6 Å². The normalized spacial score (nSPS) is 10.2. The first kappa shape index (κ1) is 15.9. The summed E-state index contributed by atoms with van der Waals surface area (Å²) in [4.78, 5) is 10.5. The van der Waals surface area contributed by atoms with Crippen LogP contribution < -0.4 is 14.6 Å². The Hall–Kier alpha value is -2.49. The van der Waals surface area contributed by atoms with E-state index in [1.54, 1.807) is 0 Å². The van der Waals surface area contributed by atoms with Gasteiger partial charge in [0.25, 0.3) is 0 Å². The lowest BCUT2D eigenvalue weighted by Gasteiger charge is -2.13.